The number of alkyl halides is 7. The van der Waals surface area contributed by atoms with Crippen LogP contribution in [0.1, 0.15) is 53.9 Å². The molecule has 0 saturated heterocycles. The summed E-state index contributed by atoms with van der Waals surface area (Å²) in [6.45, 7) is -1.04. The number of amides is 1. The lowest BCUT2D eigenvalue weighted by atomic mass is 9.91. The van der Waals surface area contributed by atoms with Crippen LogP contribution in [0.25, 0.3) is 5.65 Å². The van der Waals surface area contributed by atoms with Crippen molar-refractivity contribution < 1.29 is 35.5 Å². The molecule has 4 rings (SSSR count). The van der Waals surface area contributed by atoms with Crippen LogP contribution in [0.5, 0.6) is 0 Å². The van der Waals surface area contributed by atoms with Gasteiger partial charge in [0.25, 0.3) is 18.8 Å². The number of nitrogens with one attached hydrogen (secondary N) is 2. The zero-order valence-electron chi connectivity index (χ0n) is 18.1. The van der Waals surface area contributed by atoms with Crippen LogP contribution < -0.4 is 10.6 Å². The molecule has 3 heterocycles. The van der Waals surface area contributed by atoms with Crippen molar-refractivity contribution in [3.63, 3.8) is 0 Å². The molecule has 14 heteroatoms. The minimum absolute atomic E-state index is 0.101. The maximum atomic E-state index is 13.4. The second kappa shape index (κ2) is 9.74. The molecule has 1 amide bonds. The molecule has 3 aromatic heterocycles. The van der Waals surface area contributed by atoms with Gasteiger partial charge < -0.3 is 10.6 Å². The van der Waals surface area contributed by atoms with Gasteiger partial charge in [0.05, 0.1) is 11.8 Å². The van der Waals surface area contributed by atoms with Gasteiger partial charge in [-0.05, 0) is 37.8 Å². The number of halogens is 7. The molecule has 0 radical (unpaired) electrons. The first kappa shape index (κ1) is 24.8. The molecule has 0 atom stereocenters. The Morgan fingerprint density at radius 1 is 1.09 bits per heavy atom. The van der Waals surface area contributed by atoms with E-state index in [1.54, 1.807) is 12.1 Å². The second-order valence-electron chi connectivity index (χ2n) is 8.25. The predicted molar refractivity (Wildman–Crippen MR) is 111 cm³/mol. The number of imidazole rings is 1. The Morgan fingerprint density at radius 2 is 1.77 bits per heavy atom. The van der Waals surface area contributed by atoms with Crippen molar-refractivity contribution >= 4 is 17.4 Å². The normalized spacial score (nSPS) is 19.0. The van der Waals surface area contributed by atoms with Crippen molar-refractivity contribution in [2.45, 2.75) is 63.3 Å². The topological polar surface area (TPSA) is 76.2 Å². The molecule has 0 bridgehead atoms. The third kappa shape index (κ3) is 5.51. The largest absolute Gasteiger partial charge is 0.434 e. The first-order valence-corrected chi connectivity index (χ1v) is 10.8. The number of fused-ring (bicyclic) bond motifs is 1. The van der Waals surface area contributed by atoms with E-state index >= 15 is 0 Å². The first-order valence-electron chi connectivity index (χ1n) is 10.8. The summed E-state index contributed by atoms with van der Waals surface area (Å²) in [5.41, 5.74) is -2.17. The number of pyridine rings is 1. The van der Waals surface area contributed by atoms with E-state index in [1.807, 2.05) is 0 Å². The number of hydrogen-bond donors (Lipinski definition) is 2. The van der Waals surface area contributed by atoms with Gasteiger partial charge in [-0.15, -0.1) is 0 Å². The number of aromatic nitrogens is 4. The average molecular weight is 506 g/mol. The molecule has 0 aliphatic heterocycles. The molecule has 1 saturated carbocycles. The van der Waals surface area contributed by atoms with Gasteiger partial charge in [0, 0.05) is 18.3 Å². The molecule has 35 heavy (non-hydrogen) atoms. The van der Waals surface area contributed by atoms with Gasteiger partial charge in [0.2, 0.25) is 0 Å². The van der Waals surface area contributed by atoms with E-state index in [-0.39, 0.29) is 17.7 Å². The minimum atomic E-state index is -4.57. The molecule has 3 aromatic rings. The van der Waals surface area contributed by atoms with Crippen LogP contribution in [0.3, 0.4) is 0 Å². The quantitative estimate of drug-likeness (QED) is 0.447. The Bertz CT molecular complexity index is 1180. The third-order valence-electron chi connectivity index (χ3n) is 5.84. The first-order chi connectivity index (χ1) is 16.5. The summed E-state index contributed by atoms with van der Waals surface area (Å²) >= 11 is 0. The molecule has 0 unspecified atom stereocenters. The number of carbonyl (C=O) groups excluding carboxylic acids is 1. The third-order valence-corrected chi connectivity index (χ3v) is 5.84. The summed E-state index contributed by atoms with van der Waals surface area (Å²) in [6.07, 6.45) is -6.80. The molecule has 0 aromatic carbocycles. The molecule has 7 nitrogen and oxygen atoms in total. The summed E-state index contributed by atoms with van der Waals surface area (Å²) in [5, 5.41) is 9.35. The fraction of sp³-hybridized carbons (Fsp3) is 0.476. The fourth-order valence-corrected chi connectivity index (χ4v) is 4.20. The fourth-order valence-electron chi connectivity index (χ4n) is 4.20. The van der Waals surface area contributed by atoms with Crippen LogP contribution in [0.15, 0.2) is 30.6 Å². The van der Waals surface area contributed by atoms with Gasteiger partial charge >= 0.3 is 6.18 Å². The van der Waals surface area contributed by atoms with Gasteiger partial charge in [-0.1, -0.05) is 6.07 Å². The van der Waals surface area contributed by atoms with E-state index in [2.05, 4.69) is 20.7 Å². The number of rotatable bonds is 7. The summed E-state index contributed by atoms with van der Waals surface area (Å²) < 4.78 is 92.8. The van der Waals surface area contributed by atoms with Crippen LogP contribution in [0, 0.1) is 0 Å². The van der Waals surface area contributed by atoms with Crippen LogP contribution in [0.2, 0.25) is 0 Å². The number of anilines is 1. The Morgan fingerprint density at radius 3 is 2.40 bits per heavy atom. The molecule has 1 aliphatic carbocycles. The highest BCUT2D eigenvalue weighted by Gasteiger charge is 2.34. The molecule has 190 valence electrons. The standard InChI is InChI=1S/C21H21F7N6O/c22-15(23)10-34-18(19(24)25)13(8-29-34)20(35)31-12-6-4-11(5-7-12)30-16-2-1-3-17-32-14(9-33(16)17)21(26,27)28/h1-3,8-9,11-12,15,19,30H,4-7,10H2,(H,31,35)/t11-,12+. The smallest absolute Gasteiger partial charge is 0.368 e. The van der Waals surface area contributed by atoms with E-state index in [1.165, 1.54) is 10.5 Å². The van der Waals surface area contributed by atoms with E-state index < -0.39 is 48.4 Å². The van der Waals surface area contributed by atoms with Crippen molar-refractivity contribution in [3.8, 4) is 0 Å². The SMILES string of the molecule is O=C(N[C@H]1CC[C@@H](Nc2cccc3nc(C(F)(F)F)cn23)CC1)c1cnn(CC(F)F)c1C(F)F. The van der Waals surface area contributed by atoms with Gasteiger partial charge in [0.15, 0.2) is 5.69 Å². The van der Waals surface area contributed by atoms with E-state index in [0.29, 0.717) is 36.2 Å². The van der Waals surface area contributed by atoms with Crippen molar-refractivity contribution in [1.29, 1.82) is 0 Å². The summed E-state index contributed by atoms with van der Waals surface area (Å²) in [6, 6.07) is 4.24. The van der Waals surface area contributed by atoms with Gasteiger partial charge in [-0.3, -0.25) is 13.9 Å². The lowest BCUT2D eigenvalue weighted by Crippen LogP contribution is -2.40. The highest BCUT2D eigenvalue weighted by Crippen LogP contribution is 2.30. The maximum absolute atomic E-state index is 13.4. The Hall–Kier alpha value is -3.32. The van der Waals surface area contributed by atoms with Gasteiger partial charge in [-0.2, -0.15) is 18.3 Å². The van der Waals surface area contributed by atoms with Crippen molar-refractivity contribution in [3.05, 3.63) is 47.5 Å². The Kier molecular flexibility index (Phi) is 6.90. The van der Waals surface area contributed by atoms with Crippen molar-refractivity contribution in [1.82, 2.24) is 24.5 Å². The highest BCUT2D eigenvalue weighted by atomic mass is 19.4. The van der Waals surface area contributed by atoms with Gasteiger partial charge in [0.1, 0.15) is 23.7 Å². The summed E-state index contributed by atoms with van der Waals surface area (Å²) in [5.74, 6) is -0.383. The Balaban J connectivity index is 1.37. The van der Waals surface area contributed by atoms with E-state index in [9.17, 15) is 35.5 Å². The Labute approximate surface area is 194 Å². The maximum Gasteiger partial charge on any atom is 0.434 e. The lowest BCUT2D eigenvalue weighted by Gasteiger charge is -2.30. The summed E-state index contributed by atoms with van der Waals surface area (Å²) in [4.78, 5) is 16.1. The molecule has 1 fully saturated rings. The van der Waals surface area contributed by atoms with Crippen LogP contribution in [0.4, 0.5) is 36.6 Å². The molecule has 1 aliphatic rings. The molecule has 2 N–H and O–H groups in total. The van der Waals surface area contributed by atoms with Crippen LogP contribution >= 0.6 is 0 Å². The van der Waals surface area contributed by atoms with Crippen LogP contribution in [-0.2, 0) is 12.7 Å². The lowest BCUT2D eigenvalue weighted by molar-refractivity contribution is -0.140. The number of nitrogens with zero attached hydrogens (tertiary/aromatic N) is 4. The zero-order chi connectivity index (χ0) is 25.3. The number of hydrogen-bond acceptors (Lipinski definition) is 4. The minimum Gasteiger partial charge on any atom is -0.368 e. The van der Waals surface area contributed by atoms with E-state index in [0.717, 1.165) is 12.4 Å². The van der Waals surface area contributed by atoms with Crippen molar-refractivity contribution in [2.24, 2.45) is 0 Å². The van der Waals surface area contributed by atoms with Crippen LogP contribution in [-0.4, -0.2) is 43.6 Å². The monoisotopic (exact) mass is 506 g/mol. The summed E-state index contributed by atoms with van der Waals surface area (Å²) in [7, 11) is 0. The predicted octanol–water partition coefficient (Wildman–Crippen LogP) is 4.91. The average Bonchev–Trinajstić information content (AvgIpc) is 3.40. The van der Waals surface area contributed by atoms with Gasteiger partial charge in [-0.25, -0.2) is 22.5 Å². The van der Waals surface area contributed by atoms with Crippen molar-refractivity contribution in [2.75, 3.05) is 5.32 Å². The zero-order valence-corrected chi connectivity index (χ0v) is 18.1. The molecule has 0 spiro atoms. The highest BCUT2D eigenvalue weighted by molar-refractivity contribution is 5.95. The number of carbonyl (C=O) groups is 1. The second-order valence-corrected chi connectivity index (χ2v) is 8.25. The molecular formula is C21H21F7N6O. The molecular weight excluding hydrogens is 485 g/mol. The van der Waals surface area contributed by atoms with E-state index in [4.69, 9.17) is 0 Å².